The second-order valence-corrected chi connectivity index (χ2v) is 8.23. The molecule has 1 fully saturated rings. The second-order valence-electron chi connectivity index (χ2n) is 8.23. The molecule has 130 valence electrons. The summed E-state index contributed by atoms with van der Waals surface area (Å²) in [6, 6.07) is 0. The Hall–Kier alpha value is -1.05. The predicted octanol–water partition coefficient (Wildman–Crippen LogP) is 5.40. The van der Waals surface area contributed by atoms with Gasteiger partial charge in [0.1, 0.15) is 0 Å². The zero-order valence-corrected chi connectivity index (χ0v) is 16.0. The Balaban J connectivity index is 2.55. The molecular formula is C21H34O2. The average Bonchev–Trinajstić information content (AvgIpc) is 2.43. The van der Waals surface area contributed by atoms with Crippen LogP contribution in [-0.2, 0) is 9.53 Å². The highest BCUT2D eigenvalue weighted by Crippen LogP contribution is 2.57. The van der Waals surface area contributed by atoms with Crippen molar-refractivity contribution < 1.29 is 9.53 Å². The number of carbonyl (C=O) groups excluding carboxylic acids is 1. The maximum atomic E-state index is 12.9. The summed E-state index contributed by atoms with van der Waals surface area (Å²) in [4.78, 5) is 12.9. The van der Waals surface area contributed by atoms with E-state index in [0.29, 0.717) is 18.4 Å². The van der Waals surface area contributed by atoms with Gasteiger partial charge in [0, 0.05) is 5.92 Å². The highest BCUT2D eigenvalue weighted by molar-refractivity contribution is 5.75. The number of allylic oxidation sites excluding steroid dienone is 4. The van der Waals surface area contributed by atoms with Gasteiger partial charge in [0.05, 0.1) is 12.5 Å². The first-order valence-corrected chi connectivity index (χ1v) is 9.24. The lowest BCUT2D eigenvalue weighted by Crippen LogP contribution is -2.50. The third kappa shape index (κ3) is 3.27. The first-order chi connectivity index (χ1) is 10.7. The fourth-order valence-electron chi connectivity index (χ4n) is 5.76. The number of rotatable bonds is 3. The van der Waals surface area contributed by atoms with Crippen LogP contribution >= 0.6 is 0 Å². The fraction of sp³-hybridized carbons (Fsp3) is 0.762. The molecule has 1 saturated carbocycles. The molecule has 0 aromatic carbocycles. The van der Waals surface area contributed by atoms with Crippen LogP contribution in [0.4, 0.5) is 0 Å². The van der Waals surface area contributed by atoms with E-state index in [9.17, 15) is 4.79 Å². The molecule has 2 aliphatic rings. The third-order valence-corrected chi connectivity index (χ3v) is 6.24. The Morgan fingerprint density at radius 3 is 2.65 bits per heavy atom. The zero-order valence-electron chi connectivity index (χ0n) is 16.0. The highest BCUT2D eigenvalue weighted by Gasteiger charge is 2.53. The first kappa shape index (κ1) is 18.3. The van der Waals surface area contributed by atoms with Crippen molar-refractivity contribution in [2.24, 2.45) is 35.0 Å². The third-order valence-electron chi connectivity index (χ3n) is 6.24. The molecule has 2 heteroatoms. The van der Waals surface area contributed by atoms with Crippen molar-refractivity contribution in [1.29, 1.82) is 0 Å². The van der Waals surface area contributed by atoms with Crippen LogP contribution in [0.25, 0.3) is 0 Å². The van der Waals surface area contributed by atoms with Gasteiger partial charge >= 0.3 is 5.97 Å². The van der Waals surface area contributed by atoms with E-state index in [4.69, 9.17) is 4.74 Å². The van der Waals surface area contributed by atoms with E-state index in [2.05, 4.69) is 53.7 Å². The molecule has 2 rings (SSSR count). The fourth-order valence-corrected chi connectivity index (χ4v) is 5.76. The van der Waals surface area contributed by atoms with Gasteiger partial charge in [-0.25, -0.2) is 0 Å². The monoisotopic (exact) mass is 318 g/mol. The molecule has 6 atom stereocenters. The molecule has 23 heavy (non-hydrogen) atoms. The Labute approximate surface area is 142 Å². The van der Waals surface area contributed by atoms with Gasteiger partial charge in [-0.05, 0) is 63.7 Å². The van der Waals surface area contributed by atoms with Crippen LogP contribution in [0.15, 0.2) is 23.3 Å². The summed E-state index contributed by atoms with van der Waals surface area (Å²) in [7, 11) is 0. The minimum absolute atomic E-state index is 0.00350. The van der Waals surface area contributed by atoms with Crippen LogP contribution in [0.5, 0.6) is 0 Å². The lowest BCUT2D eigenvalue weighted by atomic mass is 9.50. The Morgan fingerprint density at radius 1 is 1.43 bits per heavy atom. The minimum atomic E-state index is -0.0383. The molecular weight excluding hydrogens is 284 g/mol. The van der Waals surface area contributed by atoms with Gasteiger partial charge in [0.2, 0.25) is 0 Å². The summed E-state index contributed by atoms with van der Waals surface area (Å²) in [5.74, 6) is 1.81. The minimum Gasteiger partial charge on any atom is -0.466 e. The van der Waals surface area contributed by atoms with Crippen molar-refractivity contribution in [3.8, 4) is 0 Å². The summed E-state index contributed by atoms with van der Waals surface area (Å²) in [5, 5.41) is 0. The van der Waals surface area contributed by atoms with Gasteiger partial charge in [0.15, 0.2) is 0 Å². The number of ether oxygens (including phenoxy) is 1. The maximum absolute atomic E-state index is 12.9. The van der Waals surface area contributed by atoms with E-state index in [0.717, 1.165) is 5.92 Å². The summed E-state index contributed by atoms with van der Waals surface area (Å²) >= 11 is 0. The van der Waals surface area contributed by atoms with Gasteiger partial charge in [-0.3, -0.25) is 4.79 Å². The van der Waals surface area contributed by atoms with Crippen molar-refractivity contribution in [2.45, 2.75) is 61.3 Å². The molecule has 0 bridgehead atoms. The van der Waals surface area contributed by atoms with Crippen molar-refractivity contribution in [3.05, 3.63) is 23.3 Å². The van der Waals surface area contributed by atoms with Crippen LogP contribution in [0.3, 0.4) is 0 Å². The Bertz CT molecular complexity index is 516. The number of fused-ring (bicyclic) bond motifs is 1. The first-order valence-electron chi connectivity index (χ1n) is 9.24. The van der Waals surface area contributed by atoms with Crippen LogP contribution < -0.4 is 0 Å². The number of hydrogen-bond donors (Lipinski definition) is 0. The molecule has 0 aromatic rings. The quantitative estimate of drug-likeness (QED) is 0.514. The summed E-state index contributed by atoms with van der Waals surface area (Å²) < 4.78 is 5.53. The van der Waals surface area contributed by atoms with Gasteiger partial charge in [-0.15, -0.1) is 0 Å². The van der Waals surface area contributed by atoms with Crippen LogP contribution in [0.1, 0.15) is 61.3 Å². The normalized spacial score (nSPS) is 41.1. The molecule has 0 aliphatic heterocycles. The van der Waals surface area contributed by atoms with E-state index in [1.807, 2.05) is 6.92 Å². The number of carbonyl (C=O) groups is 1. The lowest BCUT2D eigenvalue weighted by molar-refractivity contribution is -0.157. The smallest absolute Gasteiger partial charge is 0.310 e. The Kier molecular flexibility index (Phi) is 5.43. The second kappa shape index (κ2) is 6.83. The molecule has 0 heterocycles. The summed E-state index contributed by atoms with van der Waals surface area (Å²) in [6.07, 6.45) is 7.03. The van der Waals surface area contributed by atoms with Crippen LogP contribution in [0.2, 0.25) is 0 Å². The van der Waals surface area contributed by atoms with E-state index in [1.54, 1.807) is 0 Å². The highest BCUT2D eigenvalue weighted by atomic mass is 16.5. The number of esters is 1. The van der Waals surface area contributed by atoms with Crippen molar-refractivity contribution >= 4 is 5.97 Å². The van der Waals surface area contributed by atoms with Gasteiger partial charge < -0.3 is 4.74 Å². The van der Waals surface area contributed by atoms with Crippen molar-refractivity contribution in [3.63, 3.8) is 0 Å². The molecule has 2 aliphatic carbocycles. The number of hydrogen-bond acceptors (Lipinski definition) is 2. The average molecular weight is 319 g/mol. The van der Waals surface area contributed by atoms with Crippen LogP contribution in [0, 0.1) is 35.0 Å². The zero-order chi connectivity index (χ0) is 17.4. The summed E-state index contributed by atoms with van der Waals surface area (Å²) in [6.45, 7) is 15.9. The molecule has 0 amide bonds. The lowest BCUT2D eigenvalue weighted by Gasteiger charge is -2.54. The topological polar surface area (TPSA) is 26.3 Å². The van der Waals surface area contributed by atoms with E-state index in [1.165, 1.54) is 24.0 Å². The summed E-state index contributed by atoms with van der Waals surface area (Å²) in [5.41, 5.74) is 2.76. The van der Waals surface area contributed by atoms with Crippen molar-refractivity contribution in [2.75, 3.05) is 6.61 Å². The molecule has 0 spiro atoms. The molecule has 0 N–H and O–H groups in total. The molecule has 0 unspecified atom stereocenters. The maximum Gasteiger partial charge on any atom is 0.310 e. The van der Waals surface area contributed by atoms with Gasteiger partial charge in [-0.2, -0.15) is 0 Å². The van der Waals surface area contributed by atoms with Crippen LogP contribution in [-0.4, -0.2) is 12.6 Å². The molecule has 0 aromatic heterocycles. The molecule has 0 saturated heterocycles. The SMILES string of the molecule is C/C=C(\C)[C@@H]1C(C)=C[C@]2(C)C[C@H](C)C[C@H](C)[C@@H]2[C@H]1C(=O)OCC. The largest absolute Gasteiger partial charge is 0.466 e. The van der Waals surface area contributed by atoms with E-state index in [-0.39, 0.29) is 23.2 Å². The standard InChI is InChI=1S/C21H34O2/c1-8-14(4)17-16(6)12-21(7)11-13(3)10-15(5)19(21)18(17)20(22)23-9-2/h8,12-13,15,17-19H,9-11H2,1-7H3/b14-8+/t13-,15+,17-,18+,19-,21+/m1/s1. The van der Waals surface area contributed by atoms with Gasteiger partial charge in [0.25, 0.3) is 0 Å². The molecule has 2 nitrogen and oxygen atoms in total. The van der Waals surface area contributed by atoms with Gasteiger partial charge in [-0.1, -0.05) is 44.1 Å². The predicted molar refractivity (Wildman–Crippen MR) is 96.0 cm³/mol. The van der Waals surface area contributed by atoms with E-state index < -0.39 is 0 Å². The van der Waals surface area contributed by atoms with E-state index >= 15 is 0 Å². The molecule has 0 radical (unpaired) electrons. The van der Waals surface area contributed by atoms with Crippen molar-refractivity contribution in [1.82, 2.24) is 0 Å². The Morgan fingerprint density at radius 2 is 2.09 bits per heavy atom.